The van der Waals surface area contributed by atoms with E-state index in [0.717, 1.165) is 37.4 Å². The molecule has 0 radical (unpaired) electrons. The summed E-state index contributed by atoms with van der Waals surface area (Å²) in [5.41, 5.74) is -2.74. The van der Waals surface area contributed by atoms with E-state index in [0.29, 0.717) is 6.07 Å². The van der Waals surface area contributed by atoms with Crippen molar-refractivity contribution in [1.82, 2.24) is 0 Å². The van der Waals surface area contributed by atoms with E-state index in [4.69, 9.17) is 16.3 Å². The fourth-order valence-electron chi connectivity index (χ4n) is 2.27. The topological polar surface area (TPSA) is 125 Å². The molecule has 9 nitrogen and oxygen atoms in total. The second kappa shape index (κ2) is 9.43. The van der Waals surface area contributed by atoms with Crippen molar-refractivity contribution in [3.05, 3.63) is 68.2 Å². The van der Waals surface area contributed by atoms with E-state index < -0.39 is 52.4 Å². The smallest absolute Gasteiger partial charge is 0.416 e. The van der Waals surface area contributed by atoms with Crippen molar-refractivity contribution in [3.63, 3.8) is 0 Å². The van der Waals surface area contributed by atoms with E-state index in [1.54, 1.807) is 0 Å². The summed E-state index contributed by atoms with van der Waals surface area (Å²) in [6, 6.07) is 4.91. The Kier molecular flexibility index (Phi) is 7.18. The van der Waals surface area contributed by atoms with Gasteiger partial charge in [-0.1, -0.05) is 11.6 Å². The van der Waals surface area contributed by atoms with Crippen LogP contribution in [0.25, 0.3) is 0 Å². The third-order valence-corrected chi connectivity index (χ3v) is 4.02. The lowest BCUT2D eigenvalue weighted by atomic mass is 10.1. The zero-order chi connectivity index (χ0) is 23.3. The minimum Gasteiger partial charge on any atom is -0.465 e. The van der Waals surface area contributed by atoms with Crippen molar-refractivity contribution >= 4 is 40.8 Å². The van der Waals surface area contributed by atoms with E-state index in [9.17, 15) is 37.7 Å². The third kappa shape index (κ3) is 6.15. The maximum Gasteiger partial charge on any atom is 0.416 e. The van der Waals surface area contributed by atoms with E-state index in [-0.39, 0.29) is 16.3 Å². The zero-order valence-corrected chi connectivity index (χ0v) is 16.2. The Balaban J connectivity index is 2.13. The normalized spacial score (nSPS) is 10.9. The van der Waals surface area contributed by atoms with Gasteiger partial charge in [0.05, 0.1) is 39.4 Å². The van der Waals surface area contributed by atoms with E-state index in [1.807, 2.05) is 0 Å². The van der Waals surface area contributed by atoms with Gasteiger partial charge in [-0.25, -0.2) is 9.59 Å². The van der Waals surface area contributed by atoms with Crippen LogP contribution in [0.2, 0.25) is 5.02 Å². The molecule has 0 saturated carbocycles. The van der Waals surface area contributed by atoms with E-state index >= 15 is 0 Å². The Morgan fingerprint density at radius 2 is 1.71 bits per heavy atom. The van der Waals surface area contributed by atoms with Gasteiger partial charge < -0.3 is 14.8 Å². The number of carbonyl (C=O) groups excluding carboxylic acids is 3. The van der Waals surface area contributed by atoms with Crippen LogP contribution in [0.15, 0.2) is 36.4 Å². The average molecular weight is 461 g/mol. The van der Waals surface area contributed by atoms with Crippen molar-refractivity contribution in [2.45, 2.75) is 6.18 Å². The molecule has 2 aromatic rings. The number of esters is 2. The van der Waals surface area contributed by atoms with Crippen molar-refractivity contribution in [3.8, 4) is 0 Å². The maximum atomic E-state index is 12.8. The van der Waals surface area contributed by atoms with Gasteiger partial charge in [0.15, 0.2) is 6.61 Å². The Bertz CT molecular complexity index is 1060. The largest absolute Gasteiger partial charge is 0.465 e. The molecule has 31 heavy (non-hydrogen) atoms. The molecular weight excluding hydrogens is 449 g/mol. The van der Waals surface area contributed by atoms with Crippen LogP contribution in [0, 0.1) is 10.1 Å². The van der Waals surface area contributed by atoms with Gasteiger partial charge in [-0.15, -0.1) is 0 Å². The first-order valence-corrected chi connectivity index (χ1v) is 8.51. The van der Waals surface area contributed by atoms with Crippen LogP contribution in [0.4, 0.5) is 24.5 Å². The van der Waals surface area contributed by atoms with Gasteiger partial charge in [-0.3, -0.25) is 14.9 Å². The van der Waals surface area contributed by atoms with Crippen LogP contribution >= 0.6 is 11.6 Å². The van der Waals surface area contributed by atoms with E-state index in [1.165, 1.54) is 0 Å². The molecule has 164 valence electrons. The summed E-state index contributed by atoms with van der Waals surface area (Å²) in [5.74, 6) is -3.16. The van der Waals surface area contributed by atoms with Crippen molar-refractivity contribution in [2.75, 3.05) is 19.0 Å². The molecule has 1 N–H and O–H groups in total. The number of alkyl halides is 3. The van der Waals surface area contributed by atoms with Gasteiger partial charge in [0.25, 0.3) is 11.6 Å². The number of halogens is 4. The van der Waals surface area contributed by atoms with Gasteiger partial charge >= 0.3 is 18.1 Å². The number of hydrogen-bond donors (Lipinski definition) is 1. The molecule has 0 aliphatic heterocycles. The number of hydrogen-bond acceptors (Lipinski definition) is 7. The summed E-state index contributed by atoms with van der Waals surface area (Å²) in [7, 11) is 1.03. The summed E-state index contributed by atoms with van der Waals surface area (Å²) in [4.78, 5) is 45.8. The zero-order valence-electron chi connectivity index (χ0n) is 15.5. The minimum absolute atomic E-state index is 0.186. The Morgan fingerprint density at radius 3 is 2.26 bits per heavy atom. The van der Waals surface area contributed by atoms with Crippen LogP contribution in [-0.2, 0) is 20.4 Å². The lowest BCUT2D eigenvalue weighted by Crippen LogP contribution is -2.21. The number of nitrogens with zero attached hydrogens (tertiary/aromatic N) is 1. The molecule has 0 heterocycles. The molecule has 2 aromatic carbocycles. The summed E-state index contributed by atoms with van der Waals surface area (Å²) < 4.78 is 47.5. The number of rotatable bonds is 6. The minimum atomic E-state index is -4.67. The third-order valence-electron chi connectivity index (χ3n) is 3.69. The summed E-state index contributed by atoms with van der Waals surface area (Å²) >= 11 is 5.76. The summed E-state index contributed by atoms with van der Waals surface area (Å²) in [6.45, 7) is -0.943. The molecule has 0 saturated heterocycles. The molecule has 0 atom stereocenters. The molecule has 0 spiro atoms. The Hall–Kier alpha value is -3.67. The number of nitro benzene ring substituents is 1. The number of nitrogens with one attached hydrogen (secondary N) is 1. The lowest BCUT2D eigenvalue weighted by Gasteiger charge is -2.12. The number of carbonyl (C=O) groups is 3. The number of amides is 1. The summed E-state index contributed by atoms with van der Waals surface area (Å²) in [6.07, 6.45) is -4.67. The lowest BCUT2D eigenvalue weighted by molar-refractivity contribution is -0.384. The van der Waals surface area contributed by atoms with Crippen LogP contribution in [0.5, 0.6) is 0 Å². The number of nitro groups is 1. The molecule has 0 aliphatic carbocycles. The fourth-order valence-corrected chi connectivity index (χ4v) is 2.43. The van der Waals surface area contributed by atoms with Crippen LogP contribution in [0.3, 0.4) is 0 Å². The molecule has 0 bridgehead atoms. The predicted molar refractivity (Wildman–Crippen MR) is 99.8 cm³/mol. The first-order chi connectivity index (χ1) is 14.4. The average Bonchev–Trinajstić information content (AvgIpc) is 2.71. The molecular formula is C18H12ClF3N2O7. The van der Waals surface area contributed by atoms with Gasteiger partial charge in [0, 0.05) is 12.1 Å². The Morgan fingerprint density at radius 1 is 1.10 bits per heavy atom. The number of anilines is 1. The highest BCUT2D eigenvalue weighted by Gasteiger charge is 2.31. The van der Waals surface area contributed by atoms with Gasteiger partial charge in [0.1, 0.15) is 0 Å². The van der Waals surface area contributed by atoms with Gasteiger partial charge in [0.2, 0.25) is 0 Å². The van der Waals surface area contributed by atoms with Crippen molar-refractivity contribution in [2.24, 2.45) is 0 Å². The number of non-ortho nitro benzene ring substituents is 1. The molecule has 0 aliphatic rings. The number of ether oxygens (including phenoxy) is 2. The molecule has 2 rings (SSSR count). The van der Waals surface area contributed by atoms with Gasteiger partial charge in [-0.2, -0.15) is 13.2 Å². The second-order valence-electron chi connectivity index (χ2n) is 5.83. The second-order valence-corrected chi connectivity index (χ2v) is 6.24. The summed E-state index contributed by atoms with van der Waals surface area (Å²) in [5, 5.41) is 12.9. The first-order valence-electron chi connectivity index (χ1n) is 8.14. The monoisotopic (exact) mass is 460 g/mol. The molecule has 0 unspecified atom stereocenters. The highest BCUT2D eigenvalue weighted by molar-refractivity contribution is 6.33. The first kappa shape index (κ1) is 23.6. The van der Waals surface area contributed by atoms with Gasteiger partial charge in [-0.05, 0) is 24.3 Å². The number of benzene rings is 2. The molecule has 13 heteroatoms. The highest BCUT2D eigenvalue weighted by atomic mass is 35.5. The quantitative estimate of drug-likeness (QED) is 0.394. The highest BCUT2D eigenvalue weighted by Crippen LogP contribution is 2.33. The van der Waals surface area contributed by atoms with Crippen LogP contribution < -0.4 is 5.32 Å². The standard InChI is InChI=1S/C18H12ClF3N2O7/c1-30-16(26)9-4-10(6-12(5-9)24(28)29)17(27)31-8-15(25)23-14-7-11(18(20,21)22)2-3-13(14)19/h2-7H,8H2,1H3,(H,23,25). The van der Waals surface area contributed by atoms with Crippen LogP contribution in [-0.4, -0.2) is 36.5 Å². The fraction of sp³-hybridized carbons (Fsp3) is 0.167. The number of methoxy groups -OCH3 is 1. The maximum absolute atomic E-state index is 12.8. The van der Waals surface area contributed by atoms with Crippen molar-refractivity contribution in [1.29, 1.82) is 0 Å². The Labute approximate surface area is 176 Å². The molecule has 0 aromatic heterocycles. The molecule has 0 fully saturated rings. The predicted octanol–water partition coefficient (Wildman–Crippen LogP) is 3.85. The SMILES string of the molecule is COC(=O)c1cc(C(=O)OCC(=O)Nc2cc(C(F)(F)F)ccc2Cl)cc([N+](=O)[O-])c1. The van der Waals surface area contributed by atoms with Crippen LogP contribution in [0.1, 0.15) is 26.3 Å². The van der Waals surface area contributed by atoms with Crippen molar-refractivity contribution < 1.29 is 42.0 Å². The van der Waals surface area contributed by atoms with E-state index in [2.05, 4.69) is 10.1 Å². The molecule has 1 amide bonds.